The molecule has 0 amide bonds. The van der Waals surface area contributed by atoms with Crippen LogP contribution in [-0.2, 0) is 0 Å². The maximum atomic E-state index is 2.87. The Balaban J connectivity index is 5.21. The molecule has 0 spiro atoms. The minimum atomic E-state index is -1.28. The van der Waals surface area contributed by atoms with Crippen molar-refractivity contribution in [1.29, 1.82) is 0 Å². The van der Waals surface area contributed by atoms with Crippen LogP contribution in [0.25, 0.3) is 0 Å². The van der Waals surface area contributed by atoms with E-state index in [0.717, 1.165) is 17.8 Å². The van der Waals surface area contributed by atoms with E-state index in [4.69, 9.17) is 0 Å². The fourth-order valence-electron chi connectivity index (χ4n) is 3.81. The topological polar surface area (TPSA) is 3.24 Å². The Hall–Kier alpha value is 0.177. The zero-order valence-electron chi connectivity index (χ0n) is 14.2. The lowest BCUT2D eigenvalue weighted by molar-refractivity contribution is 0.427. The van der Waals surface area contributed by atoms with Crippen molar-refractivity contribution in [3.05, 3.63) is 0 Å². The Bertz CT molecular complexity index is 181. The van der Waals surface area contributed by atoms with E-state index in [9.17, 15) is 0 Å². The van der Waals surface area contributed by atoms with Crippen molar-refractivity contribution in [2.45, 2.75) is 73.5 Å². The van der Waals surface area contributed by atoms with Crippen molar-refractivity contribution in [1.82, 2.24) is 4.57 Å². The Labute approximate surface area is 117 Å². The molecule has 2 heteroatoms. The summed E-state index contributed by atoms with van der Waals surface area (Å²) in [4.78, 5) is 0. The molecule has 0 radical (unpaired) electrons. The van der Waals surface area contributed by atoms with Crippen molar-refractivity contribution >= 4 is 8.24 Å². The van der Waals surface area contributed by atoms with Gasteiger partial charge in [-0.3, -0.25) is 0 Å². The summed E-state index contributed by atoms with van der Waals surface area (Å²) in [5.74, 6) is 2.53. The quantitative estimate of drug-likeness (QED) is 0.518. The summed E-state index contributed by atoms with van der Waals surface area (Å²) in [6.45, 7) is 21.6. The number of hydrogen-bond donors (Lipinski definition) is 0. The summed E-state index contributed by atoms with van der Waals surface area (Å²) in [6.07, 6.45) is 0. The second kappa shape index (κ2) is 8.37. The maximum Gasteiger partial charge on any atom is 0.129 e. The molecule has 0 rings (SSSR count). The minimum Gasteiger partial charge on any atom is -0.324 e. The third-order valence-electron chi connectivity index (χ3n) is 3.80. The third-order valence-corrected chi connectivity index (χ3v) is 10.5. The van der Waals surface area contributed by atoms with Crippen LogP contribution in [0, 0.1) is 17.8 Å². The van der Waals surface area contributed by atoms with Gasteiger partial charge in [-0.25, -0.2) is 0 Å². The molecule has 0 aromatic rings. The first-order valence-electron chi connectivity index (χ1n) is 8.02. The highest BCUT2D eigenvalue weighted by molar-refractivity contribution is 6.77. The van der Waals surface area contributed by atoms with Gasteiger partial charge in [0.25, 0.3) is 0 Å². The van der Waals surface area contributed by atoms with Crippen LogP contribution < -0.4 is 0 Å². The summed E-state index contributed by atoms with van der Waals surface area (Å²) in [5, 5.41) is 0. The van der Waals surface area contributed by atoms with Gasteiger partial charge < -0.3 is 4.57 Å². The lowest BCUT2D eigenvalue weighted by Crippen LogP contribution is -2.55. The molecule has 18 heavy (non-hydrogen) atoms. The van der Waals surface area contributed by atoms with E-state index >= 15 is 0 Å². The van der Waals surface area contributed by atoms with Crippen molar-refractivity contribution < 1.29 is 0 Å². The van der Waals surface area contributed by atoms with Gasteiger partial charge in [-0.2, -0.15) is 0 Å². The largest absolute Gasteiger partial charge is 0.324 e. The van der Waals surface area contributed by atoms with E-state index in [1.54, 1.807) is 0 Å². The van der Waals surface area contributed by atoms with Gasteiger partial charge in [0, 0.05) is 0 Å². The standard InChI is InChI=1S/C16H37NSi/c1-9-17(10-2)18(11-14(3)4,12-15(5)6)13-16(7)8/h14-16H,9-13H2,1-8H3. The summed E-state index contributed by atoms with van der Waals surface area (Å²) < 4.78 is 2.87. The highest BCUT2D eigenvalue weighted by Gasteiger charge is 2.39. The molecule has 1 nitrogen and oxygen atoms in total. The predicted octanol–water partition coefficient (Wildman–Crippen LogP) is 5.24. The Morgan fingerprint density at radius 1 is 0.667 bits per heavy atom. The molecule has 110 valence electrons. The Morgan fingerprint density at radius 3 is 1.11 bits per heavy atom. The van der Waals surface area contributed by atoms with Crippen molar-refractivity contribution in [3.8, 4) is 0 Å². The van der Waals surface area contributed by atoms with E-state index in [1.807, 2.05) is 0 Å². The number of rotatable bonds is 9. The molecule has 0 saturated heterocycles. The van der Waals surface area contributed by atoms with Gasteiger partial charge in [0.15, 0.2) is 0 Å². The molecule has 0 atom stereocenters. The molecule has 0 aliphatic rings. The second-order valence-corrected chi connectivity index (χ2v) is 11.5. The first kappa shape index (κ1) is 18.2. The van der Waals surface area contributed by atoms with E-state index in [0.29, 0.717) is 0 Å². The zero-order chi connectivity index (χ0) is 14.3. The SMILES string of the molecule is CCN(CC)[Si](CC(C)C)(CC(C)C)CC(C)C. The first-order chi connectivity index (χ1) is 8.27. The fraction of sp³-hybridized carbons (Fsp3) is 1.00. The van der Waals surface area contributed by atoms with E-state index < -0.39 is 8.24 Å². The minimum absolute atomic E-state index is 0.842. The average molecular weight is 272 g/mol. The van der Waals surface area contributed by atoms with E-state index in [-0.39, 0.29) is 0 Å². The smallest absolute Gasteiger partial charge is 0.129 e. The summed E-state index contributed by atoms with van der Waals surface area (Å²) in [5.41, 5.74) is 0. The number of hydrogen-bond acceptors (Lipinski definition) is 1. The summed E-state index contributed by atoms with van der Waals surface area (Å²) in [7, 11) is -1.28. The van der Waals surface area contributed by atoms with Crippen LogP contribution in [0.15, 0.2) is 0 Å². The normalized spacial score (nSPS) is 13.3. The maximum absolute atomic E-state index is 2.87. The molecule has 0 fully saturated rings. The predicted molar refractivity (Wildman–Crippen MR) is 87.6 cm³/mol. The van der Waals surface area contributed by atoms with Gasteiger partial charge in [0.2, 0.25) is 0 Å². The molecule has 0 aromatic carbocycles. The van der Waals surface area contributed by atoms with Crippen molar-refractivity contribution in [2.75, 3.05) is 13.1 Å². The van der Waals surface area contributed by atoms with Crippen LogP contribution in [0.3, 0.4) is 0 Å². The molecule has 0 aromatic heterocycles. The van der Waals surface area contributed by atoms with E-state index in [1.165, 1.54) is 31.2 Å². The average Bonchev–Trinajstić information content (AvgIpc) is 2.15. The molecule has 0 bridgehead atoms. The van der Waals surface area contributed by atoms with Gasteiger partial charge in [-0.15, -0.1) is 0 Å². The Morgan fingerprint density at radius 2 is 0.944 bits per heavy atom. The van der Waals surface area contributed by atoms with Crippen LogP contribution >= 0.6 is 0 Å². The van der Waals surface area contributed by atoms with E-state index in [2.05, 4.69) is 60.0 Å². The fourth-order valence-corrected chi connectivity index (χ4v) is 11.0. The highest BCUT2D eigenvalue weighted by atomic mass is 28.3. The monoisotopic (exact) mass is 271 g/mol. The van der Waals surface area contributed by atoms with Gasteiger partial charge in [0.05, 0.1) is 0 Å². The molecule has 0 heterocycles. The molecular weight excluding hydrogens is 234 g/mol. The molecular formula is C16H37NSi. The molecule has 0 N–H and O–H groups in total. The lowest BCUT2D eigenvalue weighted by atomic mass is 10.2. The zero-order valence-corrected chi connectivity index (χ0v) is 15.2. The van der Waals surface area contributed by atoms with Crippen molar-refractivity contribution in [2.24, 2.45) is 17.8 Å². The van der Waals surface area contributed by atoms with Gasteiger partial charge in [-0.1, -0.05) is 55.4 Å². The highest BCUT2D eigenvalue weighted by Crippen LogP contribution is 2.34. The summed E-state index contributed by atoms with van der Waals surface area (Å²) in [6, 6.07) is 4.43. The molecule has 0 saturated carbocycles. The molecule has 0 aliphatic carbocycles. The summed E-state index contributed by atoms with van der Waals surface area (Å²) >= 11 is 0. The van der Waals surface area contributed by atoms with Crippen LogP contribution in [0.1, 0.15) is 55.4 Å². The van der Waals surface area contributed by atoms with Crippen LogP contribution in [-0.4, -0.2) is 25.9 Å². The lowest BCUT2D eigenvalue weighted by Gasteiger charge is -2.45. The molecule has 0 unspecified atom stereocenters. The third kappa shape index (κ3) is 5.88. The van der Waals surface area contributed by atoms with Gasteiger partial charge >= 0.3 is 0 Å². The Kier molecular flexibility index (Phi) is 8.45. The number of nitrogens with zero attached hydrogens (tertiary/aromatic N) is 1. The second-order valence-electron chi connectivity index (χ2n) is 7.19. The van der Waals surface area contributed by atoms with Crippen molar-refractivity contribution in [3.63, 3.8) is 0 Å². The van der Waals surface area contributed by atoms with Crippen LogP contribution in [0.5, 0.6) is 0 Å². The first-order valence-corrected chi connectivity index (χ1v) is 10.6. The van der Waals surface area contributed by atoms with Gasteiger partial charge in [-0.05, 0) is 49.0 Å². The van der Waals surface area contributed by atoms with Crippen LogP contribution in [0.2, 0.25) is 18.1 Å². The van der Waals surface area contributed by atoms with Crippen LogP contribution in [0.4, 0.5) is 0 Å². The van der Waals surface area contributed by atoms with Gasteiger partial charge in [0.1, 0.15) is 8.24 Å². The molecule has 0 aliphatic heterocycles.